The van der Waals surface area contributed by atoms with E-state index in [2.05, 4.69) is 76.0 Å². The first-order chi connectivity index (χ1) is 12.2. The van der Waals surface area contributed by atoms with E-state index in [9.17, 15) is 4.79 Å². The van der Waals surface area contributed by atoms with E-state index < -0.39 is 5.41 Å². The highest BCUT2D eigenvalue weighted by molar-refractivity contribution is 5.96. The van der Waals surface area contributed by atoms with E-state index in [4.69, 9.17) is 0 Å². The topological polar surface area (TPSA) is 70.7 Å². The number of nitrogens with zero attached hydrogens (tertiary/aromatic N) is 2. The van der Waals surface area contributed by atoms with Gasteiger partial charge in [0.05, 0.1) is 5.41 Å². The molecule has 6 rings (SSSR count). The third-order valence-electron chi connectivity index (χ3n) is 5.80. The van der Waals surface area contributed by atoms with Crippen LogP contribution in [-0.2, 0) is 4.79 Å². The van der Waals surface area contributed by atoms with Crippen LogP contribution in [0.3, 0.4) is 0 Å². The smallest absolute Gasteiger partial charge is 0.233 e. The summed E-state index contributed by atoms with van der Waals surface area (Å²) < 4.78 is 0. The minimum absolute atomic E-state index is 0.0109. The molecule has 3 aromatic rings. The highest BCUT2D eigenvalue weighted by atomic mass is 16.2. The molecule has 1 heterocycles. The Morgan fingerprint density at radius 3 is 2.24 bits per heavy atom. The average molecular weight is 330 g/mol. The maximum absolute atomic E-state index is 13.2. The fraction of sp³-hybridized carbons (Fsp3) is 0.250. The minimum atomic E-state index is -0.528. The SMILES string of the molecule is C[C@@]1(C(=O)Nc2ncn[nH]2)CC2c3ccccc3C1c1ccccc12. The van der Waals surface area contributed by atoms with Gasteiger partial charge in [0.2, 0.25) is 11.9 Å². The third-order valence-corrected chi connectivity index (χ3v) is 5.80. The molecule has 0 spiro atoms. The molecule has 1 aromatic heterocycles. The number of hydrogen-bond donors (Lipinski definition) is 2. The van der Waals surface area contributed by atoms with Crippen molar-refractivity contribution in [2.24, 2.45) is 5.41 Å². The van der Waals surface area contributed by atoms with Crippen molar-refractivity contribution in [3.05, 3.63) is 77.1 Å². The van der Waals surface area contributed by atoms with E-state index in [1.54, 1.807) is 0 Å². The molecule has 0 aliphatic heterocycles. The molecule has 0 unspecified atom stereocenters. The lowest BCUT2D eigenvalue weighted by Crippen LogP contribution is -2.47. The Hall–Kier alpha value is -2.95. The summed E-state index contributed by atoms with van der Waals surface area (Å²) in [6.07, 6.45) is 2.20. The number of nitrogens with one attached hydrogen (secondary N) is 2. The summed E-state index contributed by atoms with van der Waals surface area (Å²) in [6, 6.07) is 17.1. The van der Waals surface area contributed by atoms with Gasteiger partial charge in [0.15, 0.2) is 0 Å². The van der Waals surface area contributed by atoms with Gasteiger partial charge in [-0.2, -0.15) is 10.1 Å². The molecule has 0 saturated carbocycles. The molecular weight excluding hydrogens is 312 g/mol. The van der Waals surface area contributed by atoms with Crippen LogP contribution in [0.1, 0.15) is 47.4 Å². The third kappa shape index (κ3) is 1.92. The Morgan fingerprint density at radius 1 is 1.08 bits per heavy atom. The van der Waals surface area contributed by atoms with Gasteiger partial charge in [-0.1, -0.05) is 48.5 Å². The van der Waals surface area contributed by atoms with Crippen LogP contribution in [0, 0.1) is 5.41 Å². The molecule has 0 fully saturated rings. The van der Waals surface area contributed by atoms with Crippen molar-refractivity contribution in [1.29, 1.82) is 0 Å². The second-order valence-corrected chi connectivity index (χ2v) is 7.15. The fourth-order valence-electron chi connectivity index (χ4n) is 4.71. The highest BCUT2D eigenvalue weighted by Crippen LogP contribution is 2.61. The molecule has 124 valence electrons. The summed E-state index contributed by atoms with van der Waals surface area (Å²) >= 11 is 0. The minimum Gasteiger partial charge on any atom is -0.294 e. The summed E-state index contributed by atoms with van der Waals surface area (Å²) in [4.78, 5) is 17.2. The second kappa shape index (κ2) is 5.02. The molecule has 3 aliphatic rings. The number of aromatic amines is 1. The first kappa shape index (κ1) is 14.4. The van der Waals surface area contributed by atoms with E-state index in [-0.39, 0.29) is 17.7 Å². The zero-order valence-electron chi connectivity index (χ0n) is 13.9. The van der Waals surface area contributed by atoms with Crippen LogP contribution in [-0.4, -0.2) is 21.1 Å². The van der Waals surface area contributed by atoms with Gasteiger partial charge in [-0.25, -0.2) is 5.10 Å². The number of carbonyl (C=O) groups is 1. The molecule has 25 heavy (non-hydrogen) atoms. The number of aromatic nitrogens is 3. The predicted molar refractivity (Wildman–Crippen MR) is 94.3 cm³/mol. The lowest BCUT2D eigenvalue weighted by molar-refractivity contribution is -0.126. The van der Waals surface area contributed by atoms with Gasteiger partial charge in [0.1, 0.15) is 6.33 Å². The maximum atomic E-state index is 13.2. The predicted octanol–water partition coefficient (Wildman–Crippen LogP) is 3.43. The van der Waals surface area contributed by atoms with Crippen molar-refractivity contribution >= 4 is 11.9 Å². The van der Waals surface area contributed by atoms with Gasteiger partial charge in [0.25, 0.3) is 0 Å². The van der Waals surface area contributed by atoms with E-state index in [0.717, 1.165) is 6.42 Å². The zero-order chi connectivity index (χ0) is 17.0. The molecule has 2 aromatic carbocycles. The molecular formula is C20H18N4O. The van der Waals surface area contributed by atoms with Crippen LogP contribution in [0.2, 0.25) is 0 Å². The van der Waals surface area contributed by atoms with E-state index in [0.29, 0.717) is 5.95 Å². The Morgan fingerprint density at radius 2 is 1.68 bits per heavy atom. The lowest BCUT2D eigenvalue weighted by Gasteiger charge is -2.50. The second-order valence-electron chi connectivity index (χ2n) is 7.15. The van der Waals surface area contributed by atoms with Crippen LogP contribution in [0.15, 0.2) is 54.9 Å². The molecule has 0 radical (unpaired) electrons. The van der Waals surface area contributed by atoms with Gasteiger partial charge < -0.3 is 0 Å². The molecule has 3 aliphatic carbocycles. The summed E-state index contributed by atoms with van der Waals surface area (Å²) in [5.41, 5.74) is 4.73. The first-order valence-corrected chi connectivity index (χ1v) is 8.53. The number of fused-ring (bicyclic) bond motifs is 1. The van der Waals surface area contributed by atoms with Crippen molar-refractivity contribution in [3.8, 4) is 0 Å². The quantitative estimate of drug-likeness (QED) is 0.756. The summed E-state index contributed by atoms with van der Waals surface area (Å²) in [7, 11) is 0. The summed E-state index contributed by atoms with van der Waals surface area (Å²) in [5, 5.41) is 9.44. The molecule has 2 bridgehead atoms. The number of anilines is 1. The van der Waals surface area contributed by atoms with Crippen molar-refractivity contribution in [3.63, 3.8) is 0 Å². The van der Waals surface area contributed by atoms with Crippen LogP contribution < -0.4 is 5.32 Å². The Kier molecular flexibility index (Phi) is 2.89. The fourth-order valence-corrected chi connectivity index (χ4v) is 4.71. The number of benzene rings is 2. The van der Waals surface area contributed by atoms with Crippen LogP contribution in [0.5, 0.6) is 0 Å². The van der Waals surface area contributed by atoms with Crippen LogP contribution in [0.4, 0.5) is 5.95 Å². The highest BCUT2D eigenvalue weighted by Gasteiger charge is 2.53. The van der Waals surface area contributed by atoms with Crippen molar-refractivity contribution in [2.75, 3.05) is 5.32 Å². The monoisotopic (exact) mass is 330 g/mol. The summed E-state index contributed by atoms with van der Waals surface area (Å²) in [6.45, 7) is 2.07. The molecule has 0 saturated heterocycles. The van der Waals surface area contributed by atoms with Crippen LogP contribution in [0.25, 0.3) is 0 Å². The molecule has 2 N–H and O–H groups in total. The van der Waals surface area contributed by atoms with Crippen molar-refractivity contribution in [1.82, 2.24) is 15.2 Å². The van der Waals surface area contributed by atoms with Crippen molar-refractivity contribution < 1.29 is 4.79 Å². The van der Waals surface area contributed by atoms with Gasteiger partial charge in [-0.3, -0.25) is 10.1 Å². The lowest BCUT2D eigenvalue weighted by atomic mass is 9.52. The standard InChI is InChI=1S/C20H18N4O/c1-20(18(25)23-19-21-11-22-24-19)10-16-12-6-2-4-8-14(12)17(20)15-9-5-3-7-13(15)16/h2-9,11,16-17H,10H2,1H3,(H2,21,22,23,24,25)/t16?,17?,20-/m1/s1. The number of rotatable bonds is 2. The Balaban J connectivity index is 1.65. The van der Waals surface area contributed by atoms with Gasteiger partial charge >= 0.3 is 0 Å². The summed E-state index contributed by atoms with van der Waals surface area (Å²) in [5.74, 6) is 0.688. The van der Waals surface area contributed by atoms with Gasteiger partial charge in [0, 0.05) is 11.8 Å². The van der Waals surface area contributed by atoms with Crippen LogP contribution >= 0.6 is 0 Å². The number of H-pyrrole nitrogens is 1. The number of amides is 1. The maximum Gasteiger partial charge on any atom is 0.233 e. The molecule has 5 heteroatoms. The molecule has 5 nitrogen and oxygen atoms in total. The average Bonchev–Trinajstić information content (AvgIpc) is 3.15. The zero-order valence-corrected chi connectivity index (χ0v) is 13.9. The molecule has 1 atom stereocenters. The van der Waals surface area contributed by atoms with E-state index in [1.165, 1.54) is 28.6 Å². The van der Waals surface area contributed by atoms with Gasteiger partial charge in [-0.15, -0.1) is 0 Å². The Labute approximate surface area is 145 Å². The largest absolute Gasteiger partial charge is 0.294 e. The normalized spacial score (nSPS) is 26.0. The number of hydrogen-bond acceptors (Lipinski definition) is 3. The number of carbonyl (C=O) groups excluding carboxylic acids is 1. The Bertz CT molecular complexity index is 918. The van der Waals surface area contributed by atoms with E-state index >= 15 is 0 Å². The van der Waals surface area contributed by atoms with E-state index in [1.807, 2.05) is 0 Å². The molecule has 1 amide bonds. The first-order valence-electron chi connectivity index (χ1n) is 8.53. The van der Waals surface area contributed by atoms with Gasteiger partial charge in [-0.05, 0) is 35.6 Å². The van der Waals surface area contributed by atoms with Crippen molar-refractivity contribution in [2.45, 2.75) is 25.2 Å².